The summed E-state index contributed by atoms with van der Waals surface area (Å²) in [4.78, 5) is 4.05. The van der Waals surface area contributed by atoms with E-state index in [2.05, 4.69) is 15.0 Å². The Morgan fingerprint density at radius 1 is 1.29 bits per heavy atom. The lowest BCUT2D eigenvalue weighted by molar-refractivity contribution is -0.0505. The summed E-state index contributed by atoms with van der Waals surface area (Å²) < 4.78 is 29.4. The van der Waals surface area contributed by atoms with Crippen molar-refractivity contribution in [1.29, 1.82) is 0 Å². The van der Waals surface area contributed by atoms with E-state index >= 15 is 0 Å². The number of nitrogens with one attached hydrogen (secondary N) is 1. The van der Waals surface area contributed by atoms with Gasteiger partial charge in [0.1, 0.15) is 5.75 Å². The number of nitrogens with zero attached hydrogens (tertiary/aromatic N) is 1. The maximum Gasteiger partial charge on any atom is 0.387 e. The Kier molecular flexibility index (Phi) is 4.96. The van der Waals surface area contributed by atoms with Gasteiger partial charge in [0.25, 0.3) is 0 Å². The normalized spacial score (nSPS) is 12.3. The summed E-state index contributed by atoms with van der Waals surface area (Å²) >= 11 is 6.03. The molecule has 0 aliphatic heterocycles. The van der Waals surface area contributed by atoms with Crippen LogP contribution in [0.1, 0.15) is 24.1 Å². The summed E-state index contributed by atoms with van der Waals surface area (Å²) in [6, 6.07) is 8.24. The second kappa shape index (κ2) is 6.72. The number of alkyl halides is 2. The van der Waals surface area contributed by atoms with Gasteiger partial charge in [0.2, 0.25) is 0 Å². The summed E-state index contributed by atoms with van der Waals surface area (Å²) in [7, 11) is 0. The fourth-order valence-corrected chi connectivity index (χ4v) is 2.16. The molecule has 0 fully saturated rings. The maximum atomic E-state index is 12.4. The van der Waals surface area contributed by atoms with Gasteiger partial charge in [-0.05, 0) is 31.5 Å². The molecule has 1 aromatic heterocycles. The first-order valence-corrected chi connectivity index (χ1v) is 6.77. The summed E-state index contributed by atoms with van der Waals surface area (Å²) in [6.45, 7) is 0.877. The second-order valence-electron chi connectivity index (χ2n) is 4.63. The van der Waals surface area contributed by atoms with Gasteiger partial charge in [0.05, 0.1) is 11.7 Å². The van der Waals surface area contributed by atoms with Gasteiger partial charge >= 0.3 is 6.61 Å². The molecule has 0 saturated heterocycles. The molecule has 1 N–H and O–H groups in total. The average Bonchev–Trinajstić information content (AvgIpc) is 2.42. The van der Waals surface area contributed by atoms with E-state index in [0.29, 0.717) is 16.4 Å². The summed E-state index contributed by atoms with van der Waals surface area (Å²) in [5.41, 5.74) is 2.22. The fraction of sp³-hybridized carbons (Fsp3) is 0.267. The number of hydrogen-bond donors (Lipinski definition) is 1. The van der Waals surface area contributed by atoms with Gasteiger partial charge in [-0.25, -0.2) is 4.98 Å². The van der Waals surface area contributed by atoms with Crippen molar-refractivity contribution in [2.75, 3.05) is 5.32 Å². The molecule has 2 aromatic rings. The summed E-state index contributed by atoms with van der Waals surface area (Å²) in [5, 5.41) is 3.49. The average molecular weight is 313 g/mol. The Bertz CT molecular complexity index is 622. The van der Waals surface area contributed by atoms with E-state index in [-0.39, 0.29) is 11.8 Å². The van der Waals surface area contributed by atoms with Crippen LogP contribution in [0.4, 0.5) is 14.5 Å². The van der Waals surface area contributed by atoms with Crippen molar-refractivity contribution in [2.45, 2.75) is 26.5 Å². The van der Waals surface area contributed by atoms with Crippen molar-refractivity contribution in [3.63, 3.8) is 0 Å². The molecular formula is C15H15ClF2N2O. The van der Waals surface area contributed by atoms with Crippen LogP contribution in [0.2, 0.25) is 5.15 Å². The van der Waals surface area contributed by atoms with Crippen LogP contribution in [0, 0.1) is 6.92 Å². The number of hydrogen-bond acceptors (Lipinski definition) is 3. The first-order chi connectivity index (χ1) is 9.97. The molecule has 0 aliphatic carbocycles. The predicted molar refractivity (Wildman–Crippen MR) is 79.1 cm³/mol. The molecule has 1 atom stereocenters. The number of para-hydroxylation sites is 1. The molecule has 1 heterocycles. The van der Waals surface area contributed by atoms with Crippen LogP contribution in [0.3, 0.4) is 0 Å². The Balaban J connectivity index is 2.24. The summed E-state index contributed by atoms with van der Waals surface area (Å²) in [6.07, 6.45) is 1.66. The van der Waals surface area contributed by atoms with Crippen LogP contribution in [-0.4, -0.2) is 11.6 Å². The van der Waals surface area contributed by atoms with Crippen molar-refractivity contribution in [1.82, 2.24) is 4.98 Å². The van der Waals surface area contributed by atoms with Crippen molar-refractivity contribution in [3.05, 3.63) is 52.8 Å². The zero-order valence-corrected chi connectivity index (χ0v) is 12.4. The van der Waals surface area contributed by atoms with E-state index in [4.69, 9.17) is 11.6 Å². The molecule has 0 aliphatic rings. The van der Waals surface area contributed by atoms with Crippen LogP contribution >= 0.6 is 11.6 Å². The monoisotopic (exact) mass is 312 g/mol. The Morgan fingerprint density at radius 3 is 2.71 bits per heavy atom. The molecule has 0 radical (unpaired) electrons. The molecule has 1 aromatic carbocycles. The van der Waals surface area contributed by atoms with Gasteiger partial charge in [0, 0.05) is 11.8 Å². The Labute approximate surface area is 126 Å². The molecule has 3 nitrogen and oxygen atoms in total. The van der Waals surface area contributed by atoms with E-state index in [1.165, 1.54) is 6.07 Å². The van der Waals surface area contributed by atoms with E-state index in [1.807, 2.05) is 19.9 Å². The molecule has 0 saturated carbocycles. The number of halogens is 3. The zero-order chi connectivity index (χ0) is 15.4. The molecule has 0 bridgehead atoms. The Morgan fingerprint density at radius 2 is 2.00 bits per heavy atom. The van der Waals surface area contributed by atoms with Gasteiger partial charge in [0.15, 0.2) is 5.15 Å². The van der Waals surface area contributed by atoms with E-state index in [9.17, 15) is 8.78 Å². The first kappa shape index (κ1) is 15.5. The molecule has 112 valence electrons. The zero-order valence-electron chi connectivity index (χ0n) is 11.6. The molecule has 1 unspecified atom stereocenters. The largest absolute Gasteiger partial charge is 0.434 e. The van der Waals surface area contributed by atoms with Crippen molar-refractivity contribution < 1.29 is 13.5 Å². The highest BCUT2D eigenvalue weighted by atomic mass is 35.5. The third-order valence-electron chi connectivity index (χ3n) is 2.95. The molecule has 0 amide bonds. The number of rotatable bonds is 5. The standard InChI is InChI=1S/C15H15ClF2N2O/c1-9-7-12(14(16)19-8-9)20-10(2)11-5-3-4-6-13(11)21-15(17)18/h3-8,10,15,20H,1-2H3. The van der Waals surface area contributed by atoms with Gasteiger partial charge in [-0.3, -0.25) is 0 Å². The number of pyridine rings is 1. The smallest absolute Gasteiger partial charge is 0.387 e. The lowest BCUT2D eigenvalue weighted by Crippen LogP contribution is -2.11. The quantitative estimate of drug-likeness (QED) is 0.804. The van der Waals surface area contributed by atoms with Gasteiger partial charge < -0.3 is 10.1 Å². The molecule has 0 spiro atoms. The van der Waals surface area contributed by atoms with Crippen LogP contribution < -0.4 is 10.1 Å². The van der Waals surface area contributed by atoms with Crippen LogP contribution in [0.25, 0.3) is 0 Å². The van der Waals surface area contributed by atoms with Gasteiger partial charge in [-0.1, -0.05) is 29.8 Å². The minimum atomic E-state index is -2.86. The molecular weight excluding hydrogens is 298 g/mol. The van der Waals surface area contributed by atoms with E-state index in [0.717, 1.165) is 5.56 Å². The van der Waals surface area contributed by atoms with E-state index < -0.39 is 6.61 Å². The molecule has 21 heavy (non-hydrogen) atoms. The highest BCUT2D eigenvalue weighted by molar-refractivity contribution is 6.32. The van der Waals surface area contributed by atoms with Crippen LogP contribution in [0.5, 0.6) is 5.75 Å². The fourth-order valence-electron chi connectivity index (χ4n) is 2.01. The number of aromatic nitrogens is 1. The van der Waals surface area contributed by atoms with Crippen molar-refractivity contribution in [2.24, 2.45) is 0 Å². The second-order valence-corrected chi connectivity index (χ2v) is 4.99. The predicted octanol–water partition coefficient (Wildman–Crippen LogP) is 4.82. The third kappa shape index (κ3) is 4.04. The number of anilines is 1. The van der Waals surface area contributed by atoms with E-state index in [1.54, 1.807) is 24.4 Å². The highest BCUT2D eigenvalue weighted by Crippen LogP contribution is 2.30. The molecule has 6 heteroatoms. The van der Waals surface area contributed by atoms with Crippen molar-refractivity contribution in [3.8, 4) is 5.75 Å². The van der Waals surface area contributed by atoms with Crippen LogP contribution in [-0.2, 0) is 0 Å². The van der Waals surface area contributed by atoms with Gasteiger partial charge in [-0.15, -0.1) is 0 Å². The first-order valence-electron chi connectivity index (χ1n) is 6.40. The number of ether oxygens (including phenoxy) is 1. The third-order valence-corrected chi connectivity index (χ3v) is 3.25. The topological polar surface area (TPSA) is 34.2 Å². The molecule has 2 rings (SSSR count). The Hall–Kier alpha value is -1.88. The minimum absolute atomic E-state index is 0.143. The van der Waals surface area contributed by atoms with Crippen molar-refractivity contribution >= 4 is 17.3 Å². The summed E-state index contributed by atoms with van der Waals surface area (Å²) in [5.74, 6) is 0.143. The van der Waals surface area contributed by atoms with Crippen LogP contribution in [0.15, 0.2) is 36.5 Å². The number of aryl methyl sites for hydroxylation is 1. The maximum absolute atomic E-state index is 12.4. The highest BCUT2D eigenvalue weighted by Gasteiger charge is 2.15. The van der Waals surface area contributed by atoms with Gasteiger partial charge in [-0.2, -0.15) is 8.78 Å². The number of benzene rings is 1. The minimum Gasteiger partial charge on any atom is -0.434 e. The lowest BCUT2D eigenvalue weighted by Gasteiger charge is -2.19. The SMILES string of the molecule is Cc1cnc(Cl)c(NC(C)c2ccccc2OC(F)F)c1. The lowest BCUT2D eigenvalue weighted by atomic mass is 10.1.